The Balaban J connectivity index is 1.10. The first-order valence-corrected chi connectivity index (χ1v) is 18.7. The summed E-state index contributed by atoms with van der Waals surface area (Å²) >= 11 is 0. The van der Waals surface area contributed by atoms with Gasteiger partial charge < -0.3 is 9.73 Å². The highest BCUT2D eigenvalue weighted by molar-refractivity contribution is 6.23. The number of hydrogen-bond donors (Lipinski definition) is 1. The van der Waals surface area contributed by atoms with Crippen LogP contribution in [0.3, 0.4) is 0 Å². The molecule has 1 aromatic heterocycles. The number of aliphatic imine (C=N–C) groups is 2. The van der Waals surface area contributed by atoms with E-state index in [0.717, 1.165) is 82.9 Å². The molecule has 1 N–H and O–H groups in total. The molecular weight excluding hydrogens is 671 g/mol. The minimum atomic E-state index is -0.299. The van der Waals surface area contributed by atoms with E-state index in [9.17, 15) is 0 Å². The summed E-state index contributed by atoms with van der Waals surface area (Å²) in [7, 11) is 0. The third kappa shape index (κ3) is 5.22. The van der Waals surface area contributed by atoms with Gasteiger partial charge in [0.25, 0.3) is 0 Å². The molecule has 11 rings (SSSR count). The molecule has 0 radical (unpaired) electrons. The fourth-order valence-electron chi connectivity index (χ4n) is 8.32. The molecule has 0 bridgehead atoms. The number of nitrogens with one attached hydrogen (secondary N) is 1. The van der Waals surface area contributed by atoms with Crippen molar-refractivity contribution in [1.29, 1.82) is 0 Å². The van der Waals surface area contributed by atoms with Crippen molar-refractivity contribution in [2.45, 2.75) is 6.17 Å². The van der Waals surface area contributed by atoms with Crippen LogP contribution < -0.4 is 5.32 Å². The molecule has 55 heavy (non-hydrogen) atoms. The normalized spacial score (nSPS) is 14.4. The van der Waals surface area contributed by atoms with Gasteiger partial charge in [0.2, 0.25) is 0 Å². The van der Waals surface area contributed by atoms with Gasteiger partial charge in [-0.05, 0) is 72.8 Å². The van der Waals surface area contributed by atoms with Crippen LogP contribution in [0.25, 0.3) is 76.5 Å². The summed E-state index contributed by atoms with van der Waals surface area (Å²) in [5.74, 6) is 1.50. The predicted octanol–water partition coefficient (Wildman–Crippen LogP) is 12.9. The second-order valence-corrected chi connectivity index (χ2v) is 14.1. The van der Waals surface area contributed by atoms with Crippen molar-refractivity contribution in [2.75, 3.05) is 0 Å². The van der Waals surface area contributed by atoms with E-state index >= 15 is 0 Å². The average Bonchev–Trinajstić information content (AvgIpc) is 3.66. The Morgan fingerprint density at radius 2 is 1.05 bits per heavy atom. The zero-order chi connectivity index (χ0) is 36.3. The SMILES string of the molecule is c1ccc(C2N=C(c3ccc4ccccc4c3)N=C(c3ccc(-c4ccc(-c5cccc6ccccc56)c5oc6ccccc6c45)c4ccccc34)N2)cc1. The molecule has 0 amide bonds. The smallest absolute Gasteiger partial charge is 0.159 e. The second-order valence-electron chi connectivity index (χ2n) is 14.1. The highest BCUT2D eigenvalue weighted by Crippen LogP contribution is 2.45. The molecule has 1 aliphatic heterocycles. The number of rotatable bonds is 5. The fourth-order valence-corrected chi connectivity index (χ4v) is 8.32. The van der Waals surface area contributed by atoms with Gasteiger partial charge in [-0.15, -0.1) is 0 Å². The van der Waals surface area contributed by atoms with Crippen LogP contribution in [0.1, 0.15) is 22.9 Å². The monoisotopic (exact) mass is 703 g/mol. The largest absolute Gasteiger partial charge is 0.455 e. The number of fused-ring (bicyclic) bond motifs is 6. The molecule has 1 aliphatic rings. The summed E-state index contributed by atoms with van der Waals surface area (Å²) in [6.45, 7) is 0. The quantitative estimate of drug-likeness (QED) is 0.194. The Morgan fingerprint density at radius 1 is 0.436 bits per heavy atom. The van der Waals surface area contributed by atoms with Crippen LogP contribution in [-0.2, 0) is 0 Å². The Morgan fingerprint density at radius 3 is 1.91 bits per heavy atom. The molecule has 0 saturated carbocycles. The maximum absolute atomic E-state index is 6.77. The lowest BCUT2D eigenvalue weighted by atomic mass is 9.89. The molecule has 258 valence electrons. The summed E-state index contributed by atoms with van der Waals surface area (Å²) < 4.78 is 6.77. The fraction of sp³-hybridized carbons (Fsp3) is 0.0196. The van der Waals surface area contributed by atoms with Gasteiger partial charge in [-0.25, -0.2) is 9.98 Å². The van der Waals surface area contributed by atoms with Crippen LogP contribution in [0, 0.1) is 0 Å². The van der Waals surface area contributed by atoms with Crippen molar-refractivity contribution in [2.24, 2.45) is 9.98 Å². The first-order valence-electron chi connectivity index (χ1n) is 18.7. The molecule has 1 atom stereocenters. The highest BCUT2D eigenvalue weighted by atomic mass is 16.3. The van der Waals surface area contributed by atoms with E-state index < -0.39 is 0 Å². The maximum atomic E-state index is 6.77. The van der Waals surface area contributed by atoms with E-state index in [1.54, 1.807) is 0 Å². The van der Waals surface area contributed by atoms with Crippen molar-refractivity contribution in [3.8, 4) is 22.3 Å². The number of para-hydroxylation sites is 1. The third-order valence-corrected chi connectivity index (χ3v) is 10.9. The van der Waals surface area contributed by atoms with Crippen molar-refractivity contribution < 1.29 is 4.42 Å². The zero-order valence-corrected chi connectivity index (χ0v) is 29.8. The maximum Gasteiger partial charge on any atom is 0.159 e. The molecule has 4 nitrogen and oxygen atoms in total. The zero-order valence-electron chi connectivity index (χ0n) is 29.8. The lowest BCUT2D eigenvalue weighted by molar-refractivity contribution is 0.670. The van der Waals surface area contributed by atoms with Crippen LogP contribution in [0.2, 0.25) is 0 Å². The minimum absolute atomic E-state index is 0.299. The minimum Gasteiger partial charge on any atom is -0.455 e. The third-order valence-electron chi connectivity index (χ3n) is 10.9. The van der Waals surface area contributed by atoms with Crippen molar-refractivity contribution in [1.82, 2.24) is 5.32 Å². The molecule has 2 heterocycles. The molecule has 10 aromatic rings. The van der Waals surface area contributed by atoms with E-state index in [1.165, 1.54) is 16.2 Å². The van der Waals surface area contributed by atoms with Crippen molar-refractivity contribution in [3.05, 3.63) is 205 Å². The summed E-state index contributed by atoms with van der Waals surface area (Å²) in [5, 5.41) is 12.9. The topological polar surface area (TPSA) is 49.9 Å². The van der Waals surface area contributed by atoms with Crippen LogP contribution in [-0.4, -0.2) is 11.7 Å². The van der Waals surface area contributed by atoms with Gasteiger partial charge in [0.05, 0.1) is 0 Å². The second kappa shape index (κ2) is 12.7. The van der Waals surface area contributed by atoms with Gasteiger partial charge in [0, 0.05) is 27.5 Å². The van der Waals surface area contributed by atoms with E-state index in [1.807, 2.05) is 12.1 Å². The summed E-state index contributed by atoms with van der Waals surface area (Å²) in [6.07, 6.45) is -0.299. The summed E-state index contributed by atoms with van der Waals surface area (Å²) in [4.78, 5) is 10.4. The Hall–Kier alpha value is -7.30. The Labute approximate surface area is 317 Å². The first kappa shape index (κ1) is 31.2. The molecular formula is C51H33N3O. The lowest BCUT2D eigenvalue weighted by Crippen LogP contribution is -2.33. The summed E-state index contributed by atoms with van der Waals surface area (Å²) in [6, 6.07) is 66.3. The molecule has 4 heteroatoms. The van der Waals surface area contributed by atoms with Crippen molar-refractivity contribution >= 4 is 65.9 Å². The van der Waals surface area contributed by atoms with Crippen molar-refractivity contribution in [3.63, 3.8) is 0 Å². The average molecular weight is 704 g/mol. The number of hydrogen-bond acceptors (Lipinski definition) is 4. The molecule has 9 aromatic carbocycles. The van der Waals surface area contributed by atoms with Crippen LogP contribution in [0.15, 0.2) is 202 Å². The first-order chi connectivity index (χ1) is 27.3. The predicted molar refractivity (Wildman–Crippen MR) is 229 cm³/mol. The standard InChI is InChI=1S/C51H33N3O/c1-2-15-34(16-3-1)49-52-50(36-26-25-32-13-4-5-17-35(32)31-36)54-51(53-49)44-30-27-41(39-20-8-9-21-40(39)44)42-28-29-43(38-23-12-18-33-14-6-7-19-37(33)38)48-47(42)45-22-10-11-24-46(45)55-48/h1-31,49H,(H,52,53,54). The number of benzene rings is 9. The molecule has 0 saturated heterocycles. The van der Waals surface area contributed by atoms with E-state index in [0.29, 0.717) is 5.84 Å². The van der Waals surface area contributed by atoms with Gasteiger partial charge in [-0.3, -0.25) is 0 Å². The number of nitrogens with zero attached hydrogens (tertiary/aromatic N) is 2. The highest BCUT2D eigenvalue weighted by Gasteiger charge is 2.24. The van der Waals surface area contributed by atoms with E-state index in [4.69, 9.17) is 14.4 Å². The van der Waals surface area contributed by atoms with E-state index in [2.05, 4.69) is 181 Å². The van der Waals surface area contributed by atoms with Gasteiger partial charge in [-0.1, -0.05) is 170 Å². The van der Waals surface area contributed by atoms with Crippen LogP contribution >= 0.6 is 0 Å². The van der Waals surface area contributed by atoms with Gasteiger partial charge in [0.15, 0.2) is 5.84 Å². The molecule has 0 spiro atoms. The van der Waals surface area contributed by atoms with Crippen LogP contribution in [0.5, 0.6) is 0 Å². The van der Waals surface area contributed by atoms with E-state index in [-0.39, 0.29) is 6.17 Å². The van der Waals surface area contributed by atoms with Gasteiger partial charge in [0.1, 0.15) is 23.2 Å². The summed E-state index contributed by atoms with van der Waals surface area (Å²) in [5.41, 5.74) is 9.37. The lowest BCUT2D eigenvalue weighted by Gasteiger charge is -2.25. The Bertz CT molecular complexity index is 3190. The number of furan rings is 1. The van der Waals surface area contributed by atoms with Gasteiger partial charge >= 0.3 is 0 Å². The molecule has 1 unspecified atom stereocenters. The molecule has 0 fully saturated rings. The molecule has 0 aliphatic carbocycles. The Kier molecular flexibility index (Phi) is 7.20. The number of amidine groups is 2. The van der Waals surface area contributed by atoms with Gasteiger partial charge in [-0.2, -0.15) is 0 Å². The van der Waals surface area contributed by atoms with Crippen LogP contribution in [0.4, 0.5) is 0 Å².